The van der Waals surface area contributed by atoms with Crippen LogP contribution < -0.4 is 0 Å². The van der Waals surface area contributed by atoms with Crippen molar-refractivity contribution in [2.75, 3.05) is 26.4 Å². The molecule has 8 aliphatic rings. The topological polar surface area (TPSA) is 354 Å². The molecule has 0 unspecified atom stereocenters. The second-order valence-electron chi connectivity index (χ2n) is 24.2. The van der Waals surface area contributed by atoms with E-state index in [0.29, 0.717) is 32.1 Å². The van der Waals surface area contributed by atoms with Crippen molar-refractivity contribution < 1.29 is 109 Å². The summed E-state index contributed by atoms with van der Waals surface area (Å²) in [6, 6.07) is 0. The summed E-state index contributed by atoms with van der Waals surface area (Å²) in [6.45, 7) is 10.7. The lowest BCUT2D eigenvalue weighted by molar-refractivity contribution is -0.378. The monoisotopic (exact) mass is 1060 g/mol. The van der Waals surface area contributed by atoms with Gasteiger partial charge in [-0.2, -0.15) is 0 Å². The van der Waals surface area contributed by atoms with Gasteiger partial charge in [-0.1, -0.05) is 39.3 Å². The van der Waals surface area contributed by atoms with E-state index < -0.39 is 160 Å². The van der Waals surface area contributed by atoms with Gasteiger partial charge < -0.3 is 109 Å². The Labute approximate surface area is 432 Å². The van der Waals surface area contributed by atoms with Crippen LogP contribution in [0.2, 0.25) is 0 Å². The van der Waals surface area contributed by atoms with E-state index in [2.05, 4.69) is 33.8 Å². The van der Waals surface area contributed by atoms with Crippen LogP contribution in [0, 0.1) is 45.3 Å². The first-order valence-corrected chi connectivity index (χ1v) is 26.9. The molecule has 0 bridgehead atoms. The number of carbonyl (C=O) groups is 1. The average molecular weight is 1060 g/mol. The highest BCUT2D eigenvalue weighted by Crippen LogP contribution is 2.75. The van der Waals surface area contributed by atoms with E-state index in [9.17, 15) is 71.2 Å². The van der Waals surface area contributed by atoms with Gasteiger partial charge in [-0.15, -0.1) is 0 Å². The summed E-state index contributed by atoms with van der Waals surface area (Å²) >= 11 is 0. The van der Waals surface area contributed by atoms with Crippen molar-refractivity contribution in [2.45, 2.75) is 235 Å². The molecule has 0 aromatic heterocycles. The van der Waals surface area contributed by atoms with Crippen LogP contribution in [-0.4, -0.2) is 228 Å². The fourth-order valence-corrected chi connectivity index (χ4v) is 15.4. The summed E-state index contributed by atoms with van der Waals surface area (Å²) in [4.78, 5) is 14.1. The van der Waals surface area contributed by atoms with Crippen molar-refractivity contribution in [3.05, 3.63) is 11.6 Å². The van der Waals surface area contributed by atoms with Gasteiger partial charge in [0.25, 0.3) is 0 Å². The average Bonchev–Trinajstić information content (AvgIpc) is 3.73. The highest BCUT2D eigenvalue weighted by Gasteiger charge is 2.71. The number of allylic oxidation sites excluding steroid dienone is 2. The third-order valence-electron chi connectivity index (χ3n) is 19.8. The van der Waals surface area contributed by atoms with Crippen LogP contribution in [0.1, 0.15) is 106 Å². The predicted octanol–water partition coefficient (Wildman–Crippen LogP) is -1.75. The zero-order valence-corrected chi connectivity index (χ0v) is 43.5. The van der Waals surface area contributed by atoms with Gasteiger partial charge in [-0.25, -0.2) is 0 Å². The van der Waals surface area contributed by atoms with Gasteiger partial charge in [-0.3, -0.25) is 0 Å². The van der Waals surface area contributed by atoms with Crippen LogP contribution in [0.15, 0.2) is 11.6 Å². The summed E-state index contributed by atoms with van der Waals surface area (Å²) in [6.07, 6.45) is -20.2. The Morgan fingerprint density at radius 2 is 1.20 bits per heavy atom. The Bertz CT molecular complexity index is 1910. The largest absolute Gasteiger partial charge is 0.394 e. The van der Waals surface area contributed by atoms with Crippen LogP contribution in [0.3, 0.4) is 0 Å². The maximum absolute atomic E-state index is 14.1. The number of aliphatic hydroxyl groups excluding tert-OH is 13. The molecule has 0 aromatic carbocycles. The zero-order valence-electron chi connectivity index (χ0n) is 43.5. The molecule has 28 atom stereocenters. The number of hydrogen-bond acceptors (Lipinski definition) is 22. The molecule has 13 N–H and O–H groups in total. The lowest BCUT2D eigenvalue weighted by Gasteiger charge is -2.69. The smallest absolute Gasteiger partial charge is 0.187 e. The highest BCUT2D eigenvalue weighted by atomic mass is 16.8. The van der Waals surface area contributed by atoms with E-state index >= 15 is 0 Å². The molecular formula is C52H86O22. The molecule has 426 valence electrons. The molecule has 22 heteroatoms. The summed E-state index contributed by atoms with van der Waals surface area (Å²) < 4.78 is 48.4. The molecular weight excluding hydrogens is 977 g/mol. The maximum atomic E-state index is 14.1. The van der Waals surface area contributed by atoms with Crippen LogP contribution in [-0.2, 0) is 42.7 Å². The molecule has 4 aliphatic carbocycles. The molecule has 0 amide bonds. The maximum Gasteiger partial charge on any atom is 0.187 e. The van der Waals surface area contributed by atoms with Crippen LogP contribution >= 0.6 is 0 Å². The summed E-state index contributed by atoms with van der Waals surface area (Å²) in [5.41, 5.74) is -0.882. The van der Waals surface area contributed by atoms with E-state index in [1.54, 1.807) is 0 Å². The minimum absolute atomic E-state index is 0.00716. The second kappa shape index (κ2) is 23.0. The third kappa shape index (κ3) is 10.4. The van der Waals surface area contributed by atoms with E-state index in [1.807, 2.05) is 13.8 Å². The number of rotatable bonds is 16. The molecule has 74 heavy (non-hydrogen) atoms. The van der Waals surface area contributed by atoms with E-state index in [4.69, 9.17) is 37.9 Å². The molecule has 4 saturated carbocycles. The van der Waals surface area contributed by atoms with Crippen LogP contribution in [0.5, 0.6) is 0 Å². The third-order valence-corrected chi connectivity index (χ3v) is 19.8. The number of aliphatic hydroxyl groups is 13. The predicted molar refractivity (Wildman–Crippen MR) is 255 cm³/mol. The summed E-state index contributed by atoms with van der Waals surface area (Å²) in [7, 11) is 0. The van der Waals surface area contributed by atoms with E-state index in [1.165, 1.54) is 6.29 Å². The Morgan fingerprint density at radius 1 is 0.608 bits per heavy atom. The Balaban J connectivity index is 0.993. The minimum Gasteiger partial charge on any atom is -0.394 e. The van der Waals surface area contributed by atoms with E-state index in [-0.39, 0.29) is 41.1 Å². The van der Waals surface area contributed by atoms with Crippen molar-refractivity contribution in [3.63, 3.8) is 0 Å². The Hall–Kier alpha value is -1.43. The van der Waals surface area contributed by atoms with Gasteiger partial charge in [-0.05, 0) is 118 Å². The van der Waals surface area contributed by atoms with Crippen molar-refractivity contribution in [3.8, 4) is 0 Å². The molecule has 0 radical (unpaired) electrons. The van der Waals surface area contributed by atoms with E-state index in [0.717, 1.165) is 37.7 Å². The zero-order chi connectivity index (χ0) is 54.0. The van der Waals surface area contributed by atoms with Crippen molar-refractivity contribution >= 4 is 6.29 Å². The van der Waals surface area contributed by atoms with Gasteiger partial charge in [0.1, 0.15) is 97.8 Å². The number of aldehydes is 1. The summed E-state index contributed by atoms with van der Waals surface area (Å²) in [5.74, 6) is -0.0573. The molecule has 4 saturated heterocycles. The van der Waals surface area contributed by atoms with Gasteiger partial charge in [0.15, 0.2) is 25.2 Å². The fourth-order valence-electron chi connectivity index (χ4n) is 15.4. The van der Waals surface area contributed by atoms with Gasteiger partial charge >= 0.3 is 0 Å². The van der Waals surface area contributed by atoms with Gasteiger partial charge in [0, 0.05) is 5.41 Å². The lowest BCUT2D eigenvalue weighted by Crippen LogP contribution is -2.67. The van der Waals surface area contributed by atoms with Crippen LogP contribution in [0.25, 0.3) is 0 Å². The molecule has 4 aliphatic heterocycles. The molecule has 0 spiro atoms. The molecule has 22 nitrogen and oxygen atoms in total. The normalized spacial score (nSPS) is 51.8. The number of carbonyl (C=O) groups excluding carboxylic acids is 1. The Kier molecular flexibility index (Phi) is 18.2. The minimum atomic E-state index is -1.83. The molecule has 8 fully saturated rings. The summed E-state index contributed by atoms with van der Waals surface area (Å²) in [5, 5.41) is 138. The molecule has 4 heterocycles. The van der Waals surface area contributed by atoms with Crippen molar-refractivity contribution in [1.82, 2.24) is 0 Å². The van der Waals surface area contributed by atoms with Gasteiger partial charge in [0.05, 0.1) is 38.6 Å². The number of ether oxygens (including phenoxy) is 8. The van der Waals surface area contributed by atoms with Crippen molar-refractivity contribution in [1.29, 1.82) is 0 Å². The second-order valence-corrected chi connectivity index (χ2v) is 24.2. The first-order chi connectivity index (χ1) is 34.9. The lowest BCUT2D eigenvalue weighted by atomic mass is 9.35. The molecule has 0 aromatic rings. The Morgan fingerprint density at radius 3 is 1.85 bits per heavy atom. The van der Waals surface area contributed by atoms with Gasteiger partial charge in [0.2, 0.25) is 0 Å². The number of hydrogen-bond donors (Lipinski definition) is 13. The van der Waals surface area contributed by atoms with Crippen molar-refractivity contribution in [2.24, 2.45) is 45.3 Å². The quantitative estimate of drug-likeness (QED) is 0.0463. The fraction of sp³-hybridized carbons (Fsp3) is 0.942. The highest BCUT2D eigenvalue weighted by molar-refractivity contribution is 5.62. The first kappa shape index (κ1) is 58.7. The standard InChI is InChI=1S/C52H86O22/c1-23(2)8-7-9-27(69-46-42(65)39(62)37(60)30(72-46)21-68-45-41(64)34(57)26(56)20-67-45)24-12-15-50(5)25(24)10-11-32-51(50,6)16-13-31-49(3,4)33(14-17-52(31,32)22-55)73-48-44(40(63)36(59)29(19-54)71-48)74-47-43(66)38(61)35(58)28(18-53)70-47/h8,22,24-48,53-54,56-66H,7,9-21H2,1-6H3/t24-,25-,26+,27+,28+,29+,30-,31-,32-,33+,34+,35+,36-,37+,38-,39-,40-,41-,42-,43+,44-,45-,46-,47-,48-,50+,51-,52-/m1/s1. The molecule has 8 rings (SSSR count). The number of fused-ring (bicyclic) bond motifs is 5. The van der Waals surface area contributed by atoms with Crippen LogP contribution in [0.4, 0.5) is 0 Å². The SMILES string of the molecule is CC(C)=CCC[C@H](O[C@@H]1O[C@H](CO[C@H]2OC[C@H](O)[C@H](O)[C@H]2O)[C@H](O)[C@@H](O)[C@H]1O)[C@@H]1CC[C@@]2(C)[C@@H]1CC[C@H]1[C@@]3(C=O)CC[C@H](O[C@H]4O[C@@H](CO)[C@@H](O)[C@@H](O)[C@H]4O[C@H]4O[C@@H](CO)[C@H](O)[C@@H](O)[C@@H]4O)C(C)(C)[C@H]3CC[C@]12C. The first-order valence-electron chi connectivity index (χ1n) is 26.9.